The number of alkyl halides is 3. The zero-order valence-corrected chi connectivity index (χ0v) is 22.1. The molecule has 1 atom stereocenters. The highest BCUT2D eigenvalue weighted by molar-refractivity contribution is 6.34. The van der Waals surface area contributed by atoms with E-state index in [4.69, 9.17) is 11.6 Å². The zero-order chi connectivity index (χ0) is 27.0. The molecular formula is C26H36ClF3N4O3. The van der Waals surface area contributed by atoms with Gasteiger partial charge in [-0.15, -0.1) is 0 Å². The van der Waals surface area contributed by atoms with Gasteiger partial charge in [-0.05, 0) is 43.9 Å². The van der Waals surface area contributed by atoms with Gasteiger partial charge in [0.05, 0.1) is 16.6 Å². The number of hydrogen-bond acceptors (Lipinski definition) is 5. The molecule has 206 valence electrons. The van der Waals surface area contributed by atoms with Gasteiger partial charge >= 0.3 is 6.18 Å². The van der Waals surface area contributed by atoms with E-state index in [1.807, 2.05) is 6.07 Å². The summed E-state index contributed by atoms with van der Waals surface area (Å²) in [6, 6.07) is 5.63. The number of nitrogens with zero attached hydrogens (tertiary/aromatic N) is 3. The van der Waals surface area contributed by atoms with Crippen molar-refractivity contribution >= 4 is 29.1 Å². The van der Waals surface area contributed by atoms with E-state index in [2.05, 4.69) is 10.2 Å². The van der Waals surface area contributed by atoms with Gasteiger partial charge in [0.1, 0.15) is 0 Å². The van der Waals surface area contributed by atoms with Crippen LogP contribution in [0.2, 0.25) is 5.02 Å². The minimum absolute atomic E-state index is 0.163. The van der Waals surface area contributed by atoms with E-state index in [1.54, 1.807) is 26.2 Å². The molecule has 1 unspecified atom stereocenters. The first-order valence-electron chi connectivity index (χ1n) is 13.0. The first kappa shape index (κ1) is 28.0. The summed E-state index contributed by atoms with van der Waals surface area (Å²) in [6.07, 6.45) is -1.35. The van der Waals surface area contributed by atoms with Crippen molar-refractivity contribution in [3.8, 4) is 0 Å². The van der Waals surface area contributed by atoms with Crippen molar-refractivity contribution in [2.24, 2.45) is 5.92 Å². The Labute approximate surface area is 220 Å². The third kappa shape index (κ3) is 5.71. The maximum absolute atomic E-state index is 14.0. The molecule has 37 heavy (non-hydrogen) atoms. The van der Waals surface area contributed by atoms with Crippen LogP contribution in [0.1, 0.15) is 55.3 Å². The third-order valence-corrected chi connectivity index (χ3v) is 8.42. The van der Waals surface area contributed by atoms with Crippen molar-refractivity contribution in [1.82, 2.24) is 14.7 Å². The molecule has 2 heterocycles. The summed E-state index contributed by atoms with van der Waals surface area (Å²) in [4.78, 5) is 30.1. The lowest BCUT2D eigenvalue weighted by atomic mass is 9.75. The van der Waals surface area contributed by atoms with Crippen LogP contribution in [-0.4, -0.2) is 95.8 Å². The molecule has 2 aliphatic heterocycles. The summed E-state index contributed by atoms with van der Waals surface area (Å²) in [5, 5.41) is 14.5. The van der Waals surface area contributed by atoms with Crippen LogP contribution >= 0.6 is 11.6 Å². The first-order chi connectivity index (χ1) is 17.4. The summed E-state index contributed by atoms with van der Waals surface area (Å²) in [6.45, 7) is 1.95. The average molecular weight is 545 g/mol. The SMILES string of the molecule is CN(C)C(=O)c1ccc(NC2CN(C3CCN(C(=O)C(O)(C4CCCCC4)C(F)(F)F)CC3)C2)cc1Cl. The van der Waals surface area contributed by atoms with E-state index in [-0.39, 0.29) is 43.9 Å². The Morgan fingerprint density at radius 1 is 1.05 bits per heavy atom. The van der Waals surface area contributed by atoms with Crippen LogP contribution in [0.3, 0.4) is 0 Å². The molecule has 7 nitrogen and oxygen atoms in total. The molecule has 2 saturated heterocycles. The Hall–Kier alpha value is -2.04. The van der Waals surface area contributed by atoms with Gasteiger partial charge < -0.3 is 20.2 Å². The Morgan fingerprint density at radius 3 is 2.22 bits per heavy atom. The predicted molar refractivity (Wildman–Crippen MR) is 136 cm³/mol. The van der Waals surface area contributed by atoms with E-state index in [9.17, 15) is 27.9 Å². The van der Waals surface area contributed by atoms with Crippen LogP contribution < -0.4 is 5.32 Å². The number of amides is 2. The number of carbonyl (C=O) groups excluding carboxylic acids is 2. The molecule has 0 radical (unpaired) electrons. The molecule has 1 saturated carbocycles. The highest BCUT2D eigenvalue weighted by atomic mass is 35.5. The lowest BCUT2D eigenvalue weighted by molar-refractivity contribution is -0.275. The van der Waals surface area contributed by atoms with E-state index < -0.39 is 23.6 Å². The van der Waals surface area contributed by atoms with Gasteiger partial charge in [0.15, 0.2) is 0 Å². The third-order valence-electron chi connectivity index (χ3n) is 8.11. The molecule has 0 bridgehead atoms. The van der Waals surface area contributed by atoms with Crippen LogP contribution in [0.25, 0.3) is 0 Å². The van der Waals surface area contributed by atoms with E-state index in [0.717, 1.165) is 25.2 Å². The maximum atomic E-state index is 14.0. The van der Waals surface area contributed by atoms with E-state index in [0.29, 0.717) is 36.3 Å². The molecule has 2 N–H and O–H groups in total. The normalized spacial score (nSPS) is 22.3. The second kappa shape index (κ2) is 11.0. The van der Waals surface area contributed by atoms with Crippen LogP contribution in [0.15, 0.2) is 18.2 Å². The smallest absolute Gasteiger partial charge is 0.380 e. The zero-order valence-electron chi connectivity index (χ0n) is 21.4. The fraction of sp³-hybridized carbons (Fsp3) is 0.692. The lowest BCUT2D eigenvalue weighted by Crippen LogP contribution is -2.65. The van der Waals surface area contributed by atoms with Gasteiger partial charge in [-0.2, -0.15) is 13.2 Å². The van der Waals surface area contributed by atoms with Crippen LogP contribution in [0, 0.1) is 5.92 Å². The molecular weight excluding hydrogens is 509 g/mol. The molecule has 1 aromatic rings. The van der Waals surface area contributed by atoms with Gasteiger partial charge in [0.2, 0.25) is 5.60 Å². The Kier molecular flexibility index (Phi) is 8.30. The largest absolute Gasteiger partial charge is 0.426 e. The molecule has 0 aromatic heterocycles. The number of nitrogens with one attached hydrogen (secondary N) is 1. The van der Waals surface area contributed by atoms with Crippen LogP contribution in [0.4, 0.5) is 18.9 Å². The molecule has 11 heteroatoms. The van der Waals surface area contributed by atoms with Crippen LogP contribution in [-0.2, 0) is 4.79 Å². The standard InChI is InChI=1S/C26H36ClF3N4O3/c1-32(2)23(35)21-9-8-18(14-22(21)27)31-19-15-34(16-19)20-10-12-33(13-11-20)24(36)25(37,26(28,29)30)17-6-4-3-5-7-17/h8-9,14,17,19-20,31,37H,3-7,10-13,15-16H2,1-2H3. The fourth-order valence-electron chi connectivity index (χ4n) is 5.88. The minimum Gasteiger partial charge on any atom is -0.380 e. The van der Waals surface area contributed by atoms with Gasteiger partial charge in [-0.25, -0.2) is 0 Å². The van der Waals surface area contributed by atoms with Crippen molar-refractivity contribution in [3.63, 3.8) is 0 Å². The van der Waals surface area contributed by atoms with Crippen LogP contribution in [0.5, 0.6) is 0 Å². The number of benzene rings is 1. The molecule has 1 aromatic carbocycles. The van der Waals surface area contributed by atoms with Gasteiger partial charge in [-0.1, -0.05) is 30.9 Å². The van der Waals surface area contributed by atoms with Crippen molar-refractivity contribution in [3.05, 3.63) is 28.8 Å². The summed E-state index contributed by atoms with van der Waals surface area (Å²) in [7, 11) is 3.34. The number of carbonyl (C=O) groups is 2. The van der Waals surface area contributed by atoms with Gasteiger partial charge in [-0.3, -0.25) is 14.5 Å². The first-order valence-corrected chi connectivity index (χ1v) is 13.4. The summed E-state index contributed by atoms with van der Waals surface area (Å²) >= 11 is 6.29. The Balaban J connectivity index is 1.28. The number of anilines is 1. The van der Waals surface area contributed by atoms with Crippen molar-refractivity contribution in [2.75, 3.05) is 45.6 Å². The lowest BCUT2D eigenvalue weighted by Gasteiger charge is -2.48. The quantitative estimate of drug-likeness (QED) is 0.566. The number of halogens is 4. The fourth-order valence-corrected chi connectivity index (χ4v) is 6.14. The maximum Gasteiger partial charge on any atom is 0.426 e. The van der Waals surface area contributed by atoms with Crippen molar-refractivity contribution < 1.29 is 27.9 Å². The van der Waals surface area contributed by atoms with Crippen molar-refractivity contribution in [1.29, 1.82) is 0 Å². The number of rotatable bonds is 6. The summed E-state index contributed by atoms with van der Waals surface area (Å²) in [5.41, 5.74) is -2.03. The summed E-state index contributed by atoms with van der Waals surface area (Å²) in [5.74, 6) is -2.41. The van der Waals surface area contributed by atoms with E-state index >= 15 is 0 Å². The Bertz CT molecular complexity index is 988. The number of likely N-dealkylation sites (tertiary alicyclic amines) is 2. The van der Waals surface area contributed by atoms with Gasteiger partial charge in [0.25, 0.3) is 11.8 Å². The van der Waals surface area contributed by atoms with E-state index in [1.165, 1.54) is 9.80 Å². The number of hydrogen-bond donors (Lipinski definition) is 2. The molecule has 3 aliphatic rings. The second-order valence-corrected chi connectivity index (χ2v) is 11.2. The Morgan fingerprint density at radius 2 is 1.68 bits per heavy atom. The van der Waals surface area contributed by atoms with Crippen molar-refractivity contribution in [2.45, 2.75) is 68.8 Å². The van der Waals surface area contributed by atoms with Gasteiger partial charge in [0, 0.05) is 57.9 Å². The molecule has 2 amide bonds. The topological polar surface area (TPSA) is 76.1 Å². The molecule has 1 aliphatic carbocycles. The highest BCUT2D eigenvalue weighted by Crippen LogP contribution is 2.44. The summed E-state index contributed by atoms with van der Waals surface area (Å²) < 4.78 is 41.9. The monoisotopic (exact) mass is 544 g/mol. The molecule has 3 fully saturated rings. The second-order valence-electron chi connectivity index (χ2n) is 10.8. The minimum atomic E-state index is -4.99. The molecule has 0 spiro atoms. The predicted octanol–water partition coefficient (Wildman–Crippen LogP) is 4.00. The average Bonchev–Trinajstić information content (AvgIpc) is 2.84. The highest BCUT2D eigenvalue weighted by Gasteiger charge is 2.64. The number of aliphatic hydroxyl groups is 1. The number of piperidine rings is 1. The molecule has 4 rings (SSSR count).